The van der Waals surface area contributed by atoms with Gasteiger partial charge in [0, 0.05) is 29.0 Å². The molecule has 4 nitrogen and oxygen atoms in total. The first-order valence-corrected chi connectivity index (χ1v) is 7.92. The molecule has 1 aromatic heterocycles. The Morgan fingerprint density at radius 1 is 1.15 bits per heavy atom. The third-order valence-corrected chi connectivity index (χ3v) is 3.54. The molecule has 0 aliphatic carbocycles. The van der Waals surface area contributed by atoms with Crippen LogP contribution in [-0.2, 0) is 6.42 Å². The summed E-state index contributed by atoms with van der Waals surface area (Å²) in [5.74, 6) is 1.26. The van der Waals surface area contributed by atoms with Crippen LogP contribution in [0.1, 0.15) is 26.7 Å². The number of hydrogen-bond acceptors (Lipinski definition) is 5. The molecule has 2 aromatic rings. The lowest BCUT2D eigenvalue weighted by Gasteiger charge is -2.19. The van der Waals surface area contributed by atoms with E-state index in [4.69, 9.17) is 4.42 Å². The zero-order valence-corrected chi connectivity index (χ0v) is 13.3. The molecule has 0 amide bonds. The van der Waals surface area contributed by atoms with Gasteiger partial charge in [0.15, 0.2) is 0 Å². The smallest absolute Gasteiger partial charge is 0.247 e. The van der Waals surface area contributed by atoms with Crippen LogP contribution in [0.5, 0.6) is 0 Å². The molecule has 0 saturated carbocycles. The van der Waals surface area contributed by atoms with Crippen molar-refractivity contribution in [1.82, 2.24) is 15.5 Å². The lowest BCUT2D eigenvalue weighted by Crippen LogP contribution is -2.37. The predicted molar refractivity (Wildman–Crippen MR) is 83.0 cm³/mol. The minimum Gasteiger partial charge on any atom is -0.421 e. The largest absolute Gasteiger partial charge is 0.421 e. The van der Waals surface area contributed by atoms with Crippen LogP contribution in [0.2, 0.25) is 0 Å². The Labute approximate surface area is 124 Å². The van der Waals surface area contributed by atoms with Crippen molar-refractivity contribution in [2.24, 2.45) is 0 Å². The lowest BCUT2D eigenvalue weighted by molar-refractivity contribution is 0.412. The molecule has 0 unspecified atom stereocenters. The Bertz CT molecular complexity index is 543. The maximum absolute atomic E-state index is 5.69. The van der Waals surface area contributed by atoms with Crippen LogP contribution in [0.3, 0.4) is 0 Å². The lowest BCUT2D eigenvalue weighted by atomic mass is 10.1. The van der Waals surface area contributed by atoms with Crippen LogP contribution in [0.15, 0.2) is 33.6 Å². The number of hydrogen-bond donors (Lipinski definition) is 1. The first kappa shape index (κ1) is 15.1. The Morgan fingerprint density at radius 2 is 1.85 bits per heavy atom. The fourth-order valence-corrected chi connectivity index (χ4v) is 2.16. The second kappa shape index (κ2) is 6.41. The summed E-state index contributed by atoms with van der Waals surface area (Å²) in [6.45, 7) is 7.25. The van der Waals surface area contributed by atoms with Crippen molar-refractivity contribution < 1.29 is 4.42 Å². The normalized spacial score (nSPS) is 11.8. The van der Waals surface area contributed by atoms with E-state index in [2.05, 4.69) is 54.7 Å². The molecule has 0 aliphatic heterocycles. The Balaban J connectivity index is 1.97. The molecule has 2 rings (SSSR count). The Morgan fingerprint density at radius 3 is 2.45 bits per heavy atom. The minimum absolute atomic E-state index is 0.108. The highest BCUT2D eigenvalue weighted by Crippen LogP contribution is 2.22. The predicted octanol–water partition coefficient (Wildman–Crippen LogP) is 3.39. The number of aromatic nitrogens is 2. The number of thioether (sulfide) groups is 1. The van der Waals surface area contributed by atoms with Gasteiger partial charge in [-0.1, -0.05) is 0 Å². The van der Waals surface area contributed by atoms with E-state index in [0.717, 1.165) is 18.5 Å². The van der Waals surface area contributed by atoms with Gasteiger partial charge in [0.05, 0.1) is 0 Å². The highest BCUT2D eigenvalue weighted by molar-refractivity contribution is 7.98. The molecule has 0 spiro atoms. The van der Waals surface area contributed by atoms with E-state index in [-0.39, 0.29) is 5.54 Å². The summed E-state index contributed by atoms with van der Waals surface area (Å²) in [4.78, 5) is 1.22. The van der Waals surface area contributed by atoms with Crippen molar-refractivity contribution in [3.63, 3.8) is 0 Å². The van der Waals surface area contributed by atoms with Crippen molar-refractivity contribution >= 4 is 11.8 Å². The standard InChI is InChI=1S/C15H21N3OS/c1-15(2,3)16-10-9-13-17-18-14(19-13)11-5-7-12(20-4)8-6-11/h5-8,16H,9-10H2,1-4H3. The summed E-state index contributed by atoms with van der Waals surface area (Å²) in [5, 5.41) is 11.6. The summed E-state index contributed by atoms with van der Waals surface area (Å²) in [5.41, 5.74) is 1.07. The van der Waals surface area contributed by atoms with E-state index >= 15 is 0 Å². The van der Waals surface area contributed by atoms with Crippen LogP contribution in [0.4, 0.5) is 0 Å². The summed E-state index contributed by atoms with van der Waals surface area (Å²) in [7, 11) is 0. The quantitative estimate of drug-likeness (QED) is 0.856. The van der Waals surface area contributed by atoms with Gasteiger partial charge in [-0.15, -0.1) is 22.0 Å². The van der Waals surface area contributed by atoms with Gasteiger partial charge < -0.3 is 9.73 Å². The van der Waals surface area contributed by atoms with Crippen molar-refractivity contribution in [3.05, 3.63) is 30.2 Å². The highest BCUT2D eigenvalue weighted by Gasteiger charge is 2.11. The van der Waals surface area contributed by atoms with E-state index in [1.54, 1.807) is 11.8 Å². The van der Waals surface area contributed by atoms with Crippen LogP contribution in [0.25, 0.3) is 11.5 Å². The molecule has 108 valence electrons. The second-order valence-electron chi connectivity index (χ2n) is 5.66. The third kappa shape index (κ3) is 4.35. The highest BCUT2D eigenvalue weighted by atomic mass is 32.2. The molecule has 0 fully saturated rings. The molecular formula is C15H21N3OS. The molecule has 1 aromatic carbocycles. The molecule has 20 heavy (non-hydrogen) atoms. The van der Waals surface area contributed by atoms with Crippen LogP contribution in [0, 0.1) is 0 Å². The average Bonchev–Trinajstić information content (AvgIpc) is 2.86. The van der Waals surface area contributed by atoms with E-state index in [0.29, 0.717) is 11.8 Å². The van der Waals surface area contributed by atoms with Crippen molar-refractivity contribution in [1.29, 1.82) is 0 Å². The minimum atomic E-state index is 0.108. The second-order valence-corrected chi connectivity index (χ2v) is 6.54. The molecule has 0 saturated heterocycles. The molecule has 0 aliphatic rings. The van der Waals surface area contributed by atoms with Gasteiger partial charge in [0.25, 0.3) is 0 Å². The average molecular weight is 291 g/mol. The van der Waals surface area contributed by atoms with E-state index in [9.17, 15) is 0 Å². The van der Waals surface area contributed by atoms with Gasteiger partial charge in [-0.05, 0) is 51.3 Å². The maximum Gasteiger partial charge on any atom is 0.247 e. The summed E-state index contributed by atoms with van der Waals surface area (Å²) in [6.07, 6.45) is 2.80. The van der Waals surface area contributed by atoms with Gasteiger partial charge >= 0.3 is 0 Å². The van der Waals surface area contributed by atoms with Gasteiger partial charge in [0.1, 0.15) is 0 Å². The van der Waals surface area contributed by atoms with E-state index in [1.165, 1.54) is 4.90 Å². The van der Waals surface area contributed by atoms with Gasteiger partial charge in [-0.25, -0.2) is 0 Å². The van der Waals surface area contributed by atoms with E-state index < -0.39 is 0 Å². The Kier molecular flexibility index (Phi) is 4.83. The van der Waals surface area contributed by atoms with Crippen LogP contribution < -0.4 is 5.32 Å². The fraction of sp³-hybridized carbons (Fsp3) is 0.467. The number of benzene rings is 1. The Hall–Kier alpha value is -1.33. The monoisotopic (exact) mass is 291 g/mol. The summed E-state index contributed by atoms with van der Waals surface area (Å²) < 4.78 is 5.69. The van der Waals surface area contributed by atoms with Gasteiger partial charge in [0.2, 0.25) is 11.8 Å². The molecule has 0 bridgehead atoms. The van der Waals surface area contributed by atoms with E-state index in [1.807, 2.05) is 12.1 Å². The molecule has 1 N–H and O–H groups in total. The van der Waals surface area contributed by atoms with Gasteiger partial charge in [-0.3, -0.25) is 0 Å². The van der Waals surface area contributed by atoms with Crippen LogP contribution >= 0.6 is 11.8 Å². The first-order chi connectivity index (χ1) is 9.48. The fourth-order valence-electron chi connectivity index (χ4n) is 1.75. The molecular weight excluding hydrogens is 270 g/mol. The molecule has 1 heterocycles. The van der Waals surface area contributed by atoms with Crippen LogP contribution in [-0.4, -0.2) is 28.5 Å². The maximum atomic E-state index is 5.69. The van der Waals surface area contributed by atoms with Crippen molar-refractivity contribution in [3.8, 4) is 11.5 Å². The third-order valence-electron chi connectivity index (χ3n) is 2.80. The number of rotatable bonds is 5. The summed E-state index contributed by atoms with van der Waals surface area (Å²) in [6, 6.07) is 8.14. The SMILES string of the molecule is CSc1ccc(-c2nnc(CCNC(C)(C)C)o2)cc1. The molecule has 0 atom stereocenters. The molecule has 5 heteroatoms. The topological polar surface area (TPSA) is 51.0 Å². The summed E-state index contributed by atoms with van der Waals surface area (Å²) >= 11 is 1.72. The van der Waals surface area contributed by atoms with Gasteiger partial charge in [-0.2, -0.15) is 0 Å². The van der Waals surface area contributed by atoms with Crippen molar-refractivity contribution in [2.45, 2.75) is 37.6 Å². The number of nitrogens with one attached hydrogen (secondary N) is 1. The number of nitrogens with zero attached hydrogens (tertiary/aromatic N) is 2. The molecule has 0 radical (unpaired) electrons. The zero-order chi connectivity index (χ0) is 14.6. The first-order valence-electron chi connectivity index (χ1n) is 6.70. The van der Waals surface area contributed by atoms with Crippen molar-refractivity contribution in [2.75, 3.05) is 12.8 Å². The zero-order valence-electron chi connectivity index (χ0n) is 12.4.